The van der Waals surface area contributed by atoms with Crippen LogP contribution in [0.15, 0.2) is 0 Å². The topological polar surface area (TPSA) is 19.9 Å². The maximum atomic E-state index is 14.1. The Hall–Kier alpha value is -0.0400. The molecule has 30 heavy (non-hydrogen) atoms. The van der Waals surface area contributed by atoms with Gasteiger partial charge >= 0.3 is 0 Å². The van der Waals surface area contributed by atoms with Crippen LogP contribution in [0, 0.1) is 5.92 Å². The molecule has 0 aliphatic rings. The maximum absolute atomic E-state index is 14.1. The first-order valence-electron chi connectivity index (χ1n) is 14.3. The van der Waals surface area contributed by atoms with Crippen LogP contribution in [0.1, 0.15) is 175 Å². The lowest BCUT2D eigenvalue weighted by Gasteiger charge is -2.35. The number of rotatable bonds is 24. The molecule has 1 unspecified atom stereocenters. The molecule has 0 aliphatic heterocycles. The normalized spacial score (nSPS) is 13.1. The highest BCUT2D eigenvalue weighted by Gasteiger charge is 2.36. The van der Waals surface area contributed by atoms with Crippen LogP contribution in [-0.2, 0) is 5.11 Å². The molecule has 0 aromatic carbocycles. The lowest BCUT2D eigenvalue weighted by Crippen LogP contribution is -2.37. The fourth-order valence-corrected chi connectivity index (χ4v) is 5.13. The van der Waals surface area contributed by atoms with Gasteiger partial charge in [-0.1, -0.05) is 150 Å². The van der Waals surface area contributed by atoms with E-state index in [-0.39, 0.29) is 0 Å². The monoisotopic (exact) mass is 423 g/mol. The van der Waals surface area contributed by atoms with Gasteiger partial charge in [-0.3, -0.25) is 0 Å². The predicted molar refractivity (Wildman–Crippen MR) is 136 cm³/mol. The molecule has 0 N–H and O–H groups in total. The van der Waals surface area contributed by atoms with Gasteiger partial charge in [0.05, 0.1) is 0 Å². The van der Waals surface area contributed by atoms with Crippen molar-refractivity contribution in [2.24, 2.45) is 5.92 Å². The molecule has 0 bridgehead atoms. The Kier molecular flexibility index (Phi) is 22.1. The molecule has 1 radical (unpaired) electrons. The Balaban J connectivity index is 4.60. The predicted octanol–water partition coefficient (Wildman–Crippen LogP) is 10.8. The second-order valence-electron chi connectivity index (χ2n) is 10.1. The standard InChI is InChI=1S/C29H59O/c1-5-9-12-15-18-21-25-28(24-8-4)29(30,26-22-19-16-13-10-6-2)27-23-20-17-14-11-7-3/h28H,5-27H2,1-4H3. The van der Waals surface area contributed by atoms with Crippen LogP contribution in [0.25, 0.3) is 0 Å². The molecule has 0 rings (SSSR count). The third-order valence-corrected chi connectivity index (χ3v) is 7.19. The van der Waals surface area contributed by atoms with Gasteiger partial charge in [0, 0.05) is 0 Å². The van der Waals surface area contributed by atoms with E-state index in [0.29, 0.717) is 5.92 Å². The molecule has 0 aromatic heterocycles. The van der Waals surface area contributed by atoms with E-state index in [0.717, 1.165) is 19.3 Å². The van der Waals surface area contributed by atoms with Gasteiger partial charge in [0.1, 0.15) is 5.60 Å². The number of hydrogen-bond donors (Lipinski definition) is 0. The number of unbranched alkanes of at least 4 members (excludes halogenated alkanes) is 15. The summed E-state index contributed by atoms with van der Waals surface area (Å²) in [5.74, 6) is 0.417. The van der Waals surface area contributed by atoms with Crippen LogP contribution in [-0.4, -0.2) is 5.60 Å². The zero-order chi connectivity index (χ0) is 22.3. The summed E-state index contributed by atoms with van der Waals surface area (Å²) in [6, 6.07) is 0. The second kappa shape index (κ2) is 22.2. The minimum absolute atomic E-state index is 0.417. The summed E-state index contributed by atoms with van der Waals surface area (Å²) >= 11 is 0. The van der Waals surface area contributed by atoms with Crippen LogP contribution in [0.5, 0.6) is 0 Å². The van der Waals surface area contributed by atoms with E-state index in [1.165, 1.54) is 128 Å². The highest BCUT2D eigenvalue weighted by atomic mass is 16.3. The van der Waals surface area contributed by atoms with Gasteiger partial charge in [-0.2, -0.15) is 0 Å². The molecular weight excluding hydrogens is 364 g/mol. The summed E-state index contributed by atoms with van der Waals surface area (Å²) < 4.78 is 0. The molecule has 0 amide bonds. The average molecular weight is 424 g/mol. The highest BCUT2D eigenvalue weighted by molar-refractivity contribution is 4.86. The summed E-state index contributed by atoms with van der Waals surface area (Å²) in [5, 5.41) is 14.1. The molecule has 1 atom stereocenters. The summed E-state index contributed by atoms with van der Waals surface area (Å²) in [6.45, 7) is 9.12. The molecule has 0 spiro atoms. The van der Waals surface area contributed by atoms with E-state index in [1.54, 1.807) is 0 Å². The Bertz CT molecular complexity index is 308. The Morgan fingerprint density at radius 1 is 0.433 bits per heavy atom. The highest BCUT2D eigenvalue weighted by Crippen LogP contribution is 2.37. The molecule has 0 aliphatic carbocycles. The molecule has 1 heteroatoms. The van der Waals surface area contributed by atoms with Crippen LogP contribution in [0.3, 0.4) is 0 Å². The first-order valence-corrected chi connectivity index (χ1v) is 14.3. The molecular formula is C29H59O. The zero-order valence-corrected chi connectivity index (χ0v) is 21.7. The average Bonchev–Trinajstić information content (AvgIpc) is 2.74. The van der Waals surface area contributed by atoms with Crippen molar-refractivity contribution >= 4 is 0 Å². The van der Waals surface area contributed by atoms with Crippen molar-refractivity contribution < 1.29 is 5.11 Å². The van der Waals surface area contributed by atoms with Crippen LogP contribution < -0.4 is 0 Å². The van der Waals surface area contributed by atoms with Crippen LogP contribution >= 0.6 is 0 Å². The first-order chi connectivity index (χ1) is 14.6. The van der Waals surface area contributed by atoms with Crippen molar-refractivity contribution in [3.63, 3.8) is 0 Å². The van der Waals surface area contributed by atoms with Gasteiger partial charge in [-0.25, -0.2) is 5.11 Å². The van der Waals surface area contributed by atoms with Crippen molar-refractivity contribution in [2.45, 2.75) is 181 Å². The molecule has 0 saturated heterocycles. The van der Waals surface area contributed by atoms with Crippen molar-refractivity contribution in [2.75, 3.05) is 0 Å². The van der Waals surface area contributed by atoms with Gasteiger partial charge in [0.15, 0.2) is 0 Å². The summed E-state index contributed by atoms with van der Waals surface area (Å²) in [6.07, 6.45) is 29.1. The second-order valence-corrected chi connectivity index (χ2v) is 10.1. The first kappa shape index (κ1) is 30.0. The van der Waals surface area contributed by atoms with E-state index in [2.05, 4.69) is 27.7 Å². The maximum Gasteiger partial charge on any atom is 0.106 e. The summed E-state index contributed by atoms with van der Waals surface area (Å²) in [5.41, 5.74) is -0.644. The minimum Gasteiger partial charge on any atom is -0.229 e. The van der Waals surface area contributed by atoms with E-state index >= 15 is 0 Å². The Morgan fingerprint density at radius 3 is 1.20 bits per heavy atom. The van der Waals surface area contributed by atoms with Gasteiger partial charge in [0.2, 0.25) is 0 Å². The molecule has 0 saturated carbocycles. The van der Waals surface area contributed by atoms with E-state index in [9.17, 15) is 5.11 Å². The van der Waals surface area contributed by atoms with Crippen molar-refractivity contribution in [1.29, 1.82) is 0 Å². The minimum atomic E-state index is -0.644. The Morgan fingerprint density at radius 2 is 0.800 bits per heavy atom. The van der Waals surface area contributed by atoms with Gasteiger partial charge < -0.3 is 0 Å². The van der Waals surface area contributed by atoms with Crippen LogP contribution in [0.4, 0.5) is 0 Å². The third-order valence-electron chi connectivity index (χ3n) is 7.19. The van der Waals surface area contributed by atoms with Crippen molar-refractivity contribution in [1.82, 2.24) is 0 Å². The molecule has 1 nitrogen and oxygen atoms in total. The van der Waals surface area contributed by atoms with E-state index < -0.39 is 5.60 Å². The quantitative estimate of drug-likeness (QED) is 0.137. The number of hydrogen-bond acceptors (Lipinski definition) is 0. The fraction of sp³-hybridized carbons (Fsp3) is 1.00. The fourth-order valence-electron chi connectivity index (χ4n) is 5.13. The zero-order valence-electron chi connectivity index (χ0n) is 21.7. The largest absolute Gasteiger partial charge is 0.229 e. The SMILES string of the molecule is CCCCCCCCC(CCC)C([O])(CCCCCCCC)CCCCCCCC. The molecule has 0 heterocycles. The van der Waals surface area contributed by atoms with Gasteiger partial charge in [0.25, 0.3) is 0 Å². The Labute approximate surface area is 192 Å². The van der Waals surface area contributed by atoms with Crippen molar-refractivity contribution in [3.8, 4) is 0 Å². The summed E-state index contributed by atoms with van der Waals surface area (Å²) in [7, 11) is 0. The van der Waals surface area contributed by atoms with Crippen LogP contribution in [0.2, 0.25) is 0 Å². The summed E-state index contributed by atoms with van der Waals surface area (Å²) in [4.78, 5) is 0. The lowest BCUT2D eigenvalue weighted by atomic mass is 9.74. The van der Waals surface area contributed by atoms with Gasteiger partial charge in [-0.05, 0) is 31.6 Å². The van der Waals surface area contributed by atoms with Gasteiger partial charge in [-0.15, -0.1) is 0 Å². The van der Waals surface area contributed by atoms with E-state index in [4.69, 9.17) is 0 Å². The molecule has 181 valence electrons. The molecule has 0 aromatic rings. The smallest absolute Gasteiger partial charge is 0.106 e. The lowest BCUT2D eigenvalue weighted by molar-refractivity contribution is -0.0994. The van der Waals surface area contributed by atoms with E-state index in [1.807, 2.05) is 0 Å². The van der Waals surface area contributed by atoms with Crippen molar-refractivity contribution in [3.05, 3.63) is 0 Å². The third kappa shape index (κ3) is 16.6. The molecule has 0 fully saturated rings.